The van der Waals surface area contributed by atoms with Gasteiger partial charge in [-0.2, -0.15) is 0 Å². The first kappa shape index (κ1) is 17.7. The van der Waals surface area contributed by atoms with Gasteiger partial charge in [-0.05, 0) is 72.0 Å². The number of hydrogen-bond donors (Lipinski definition) is 1. The van der Waals surface area contributed by atoms with E-state index in [0.717, 1.165) is 38.9 Å². The minimum Gasteiger partial charge on any atom is -0.336 e. The molecule has 128 valence electrons. The number of nitrogens with zero attached hydrogens (tertiary/aromatic N) is 2. The SMILES string of the molecule is CCN1CCCCC(CN2C(=O)C(NC)CCCC2(C)C)C1. The van der Waals surface area contributed by atoms with Crippen LogP contribution in [0.5, 0.6) is 0 Å². The van der Waals surface area contributed by atoms with E-state index in [4.69, 9.17) is 0 Å². The molecule has 2 fully saturated rings. The van der Waals surface area contributed by atoms with E-state index in [0.29, 0.717) is 11.8 Å². The maximum atomic E-state index is 13.0. The largest absolute Gasteiger partial charge is 0.336 e. The van der Waals surface area contributed by atoms with Crippen molar-refractivity contribution in [1.82, 2.24) is 15.1 Å². The summed E-state index contributed by atoms with van der Waals surface area (Å²) in [5, 5.41) is 3.23. The van der Waals surface area contributed by atoms with Gasteiger partial charge in [-0.15, -0.1) is 0 Å². The molecule has 0 saturated carbocycles. The molecule has 2 atom stereocenters. The lowest BCUT2D eigenvalue weighted by atomic mass is 9.94. The standard InChI is InChI=1S/C18H35N3O/c1-5-20-12-7-6-9-15(13-20)14-21-17(22)16(19-4)10-8-11-18(21,2)3/h15-16,19H,5-14H2,1-4H3. The van der Waals surface area contributed by atoms with Crippen LogP contribution in [0.4, 0.5) is 0 Å². The van der Waals surface area contributed by atoms with Crippen molar-refractivity contribution in [1.29, 1.82) is 0 Å². The molecule has 2 unspecified atom stereocenters. The molecule has 0 bridgehead atoms. The molecule has 4 heteroatoms. The Morgan fingerprint density at radius 3 is 2.68 bits per heavy atom. The maximum absolute atomic E-state index is 13.0. The average Bonchev–Trinajstić information content (AvgIpc) is 2.78. The fourth-order valence-corrected chi connectivity index (χ4v) is 4.10. The highest BCUT2D eigenvalue weighted by Crippen LogP contribution is 2.30. The number of hydrogen-bond acceptors (Lipinski definition) is 3. The summed E-state index contributed by atoms with van der Waals surface area (Å²) in [5.41, 5.74) is -0.00790. The molecule has 2 rings (SSSR count). The Morgan fingerprint density at radius 1 is 1.23 bits per heavy atom. The Kier molecular flexibility index (Phi) is 6.27. The third-order valence-corrected chi connectivity index (χ3v) is 5.67. The highest BCUT2D eigenvalue weighted by molar-refractivity contribution is 5.82. The summed E-state index contributed by atoms with van der Waals surface area (Å²) in [4.78, 5) is 17.7. The summed E-state index contributed by atoms with van der Waals surface area (Å²) in [6.45, 7) is 11.2. The van der Waals surface area contributed by atoms with Crippen LogP contribution >= 0.6 is 0 Å². The van der Waals surface area contributed by atoms with Crippen molar-refractivity contribution in [2.24, 2.45) is 5.92 Å². The monoisotopic (exact) mass is 309 g/mol. The second kappa shape index (κ2) is 7.78. The highest BCUT2D eigenvalue weighted by atomic mass is 16.2. The lowest BCUT2D eigenvalue weighted by Crippen LogP contribution is -2.54. The Labute approximate surface area is 136 Å². The third-order valence-electron chi connectivity index (χ3n) is 5.67. The van der Waals surface area contributed by atoms with Crippen LogP contribution in [0.2, 0.25) is 0 Å². The Balaban J connectivity index is 2.10. The van der Waals surface area contributed by atoms with E-state index in [1.165, 1.54) is 25.8 Å². The quantitative estimate of drug-likeness (QED) is 0.866. The van der Waals surface area contributed by atoms with Crippen LogP contribution in [0.3, 0.4) is 0 Å². The second-order valence-electron chi connectivity index (χ2n) is 7.75. The van der Waals surface area contributed by atoms with Gasteiger partial charge in [-0.1, -0.05) is 13.3 Å². The molecule has 0 spiro atoms. The molecule has 0 radical (unpaired) electrons. The van der Waals surface area contributed by atoms with Crippen LogP contribution in [0.1, 0.15) is 59.3 Å². The van der Waals surface area contributed by atoms with Crippen LogP contribution in [0.25, 0.3) is 0 Å². The van der Waals surface area contributed by atoms with E-state index in [1.54, 1.807) is 0 Å². The van der Waals surface area contributed by atoms with E-state index >= 15 is 0 Å². The summed E-state index contributed by atoms with van der Waals surface area (Å²) in [6, 6.07) is 0.00910. The van der Waals surface area contributed by atoms with Crippen LogP contribution in [-0.2, 0) is 4.79 Å². The topological polar surface area (TPSA) is 35.6 Å². The Morgan fingerprint density at radius 2 is 2.00 bits per heavy atom. The fraction of sp³-hybridized carbons (Fsp3) is 0.944. The van der Waals surface area contributed by atoms with Crippen LogP contribution in [0.15, 0.2) is 0 Å². The molecule has 1 N–H and O–H groups in total. The molecule has 2 heterocycles. The highest BCUT2D eigenvalue weighted by Gasteiger charge is 2.38. The van der Waals surface area contributed by atoms with Gasteiger partial charge in [0.05, 0.1) is 6.04 Å². The average molecular weight is 309 g/mol. The predicted octanol–water partition coefficient (Wildman–Crippen LogP) is 2.49. The molecule has 1 amide bonds. The van der Waals surface area contributed by atoms with Crippen LogP contribution in [-0.4, -0.2) is 60.5 Å². The molecule has 2 saturated heterocycles. The summed E-state index contributed by atoms with van der Waals surface area (Å²) >= 11 is 0. The van der Waals surface area contributed by atoms with Crippen molar-refractivity contribution in [2.75, 3.05) is 33.2 Å². The van der Waals surface area contributed by atoms with Gasteiger partial charge in [-0.3, -0.25) is 4.79 Å². The number of nitrogens with one attached hydrogen (secondary N) is 1. The fourth-order valence-electron chi connectivity index (χ4n) is 4.10. The van der Waals surface area contributed by atoms with Crippen molar-refractivity contribution in [2.45, 2.75) is 70.9 Å². The van der Waals surface area contributed by atoms with Crippen molar-refractivity contribution < 1.29 is 4.79 Å². The molecule has 0 aromatic heterocycles. The van der Waals surface area contributed by atoms with E-state index in [1.807, 2.05) is 7.05 Å². The summed E-state index contributed by atoms with van der Waals surface area (Å²) in [7, 11) is 1.92. The minimum atomic E-state index is -0.00790. The molecule has 22 heavy (non-hydrogen) atoms. The molecule has 4 nitrogen and oxygen atoms in total. The van der Waals surface area contributed by atoms with Gasteiger partial charge >= 0.3 is 0 Å². The van der Waals surface area contributed by atoms with Gasteiger partial charge in [0.1, 0.15) is 0 Å². The lowest BCUT2D eigenvalue weighted by Gasteiger charge is -2.41. The zero-order valence-electron chi connectivity index (χ0n) is 15.0. The van der Waals surface area contributed by atoms with Gasteiger partial charge in [0, 0.05) is 18.6 Å². The number of likely N-dealkylation sites (tertiary alicyclic amines) is 2. The van der Waals surface area contributed by atoms with Crippen LogP contribution in [0, 0.1) is 5.92 Å². The molecule has 0 aromatic carbocycles. The molecular formula is C18H35N3O. The van der Waals surface area contributed by atoms with Gasteiger partial charge in [0.2, 0.25) is 5.91 Å². The maximum Gasteiger partial charge on any atom is 0.240 e. The number of likely N-dealkylation sites (N-methyl/N-ethyl adjacent to an activating group) is 1. The first-order chi connectivity index (χ1) is 10.5. The first-order valence-corrected chi connectivity index (χ1v) is 9.19. The van der Waals surface area contributed by atoms with Gasteiger partial charge in [-0.25, -0.2) is 0 Å². The van der Waals surface area contributed by atoms with Gasteiger partial charge < -0.3 is 15.1 Å². The van der Waals surface area contributed by atoms with E-state index in [9.17, 15) is 4.79 Å². The number of amides is 1. The van der Waals surface area contributed by atoms with Gasteiger partial charge in [0.25, 0.3) is 0 Å². The van der Waals surface area contributed by atoms with Crippen LogP contribution < -0.4 is 5.32 Å². The van der Waals surface area contributed by atoms with E-state index in [-0.39, 0.29) is 11.6 Å². The molecule has 0 aromatic rings. The normalized spacial score (nSPS) is 30.9. The minimum absolute atomic E-state index is 0.00790. The number of rotatable bonds is 4. The molecule has 2 aliphatic heterocycles. The lowest BCUT2D eigenvalue weighted by molar-refractivity contribution is -0.138. The zero-order valence-corrected chi connectivity index (χ0v) is 15.0. The Bertz CT molecular complexity index is 369. The number of carbonyl (C=O) groups excluding carboxylic acids is 1. The van der Waals surface area contributed by atoms with Crippen molar-refractivity contribution in [3.63, 3.8) is 0 Å². The van der Waals surface area contributed by atoms with Crippen molar-refractivity contribution in [3.8, 4) is 0 Å². The zero-order chi connectivity index (χ0) is 16.2. The van der Waals surface area contributed by atoms with Crippen molar-refractivity contribution >= 4 is 5.91 Å². The summed E-state index contributed by atoms with van der Waals surface area (Å²) in [5.74, 6) is 0.943. The first-order valence-electron chi connectivity index (χ1n) is 9.19. The van der Waals surface area contributed by atoms with E-state index < -0.39 is 0 Å². The number of carbonyl (C=O) groups is 1. The molecule has 2 aliphatic rings. The molecular weight excluding hydrogens is 274 g/mol. The smallest absolute Gasteiger partial charge is 0.240 e. The third kappa shape index (κ3) is 4.23. The van der Waals surface area contributed by atoms with Gasteiger partial charge in [0.15, 0.2) is 0 Å². The molecule has 0 aliphatic carbocycles. The summed E-state index contributed by atoms with van der Waals surface area (Å²) in [6.07, 6.45) is 7.09. The second-order valence-corrected chi connectivity index (χ2v) is 7.75. The van der Waals surface area contributed by atoms with E-state index in [2.05, 4.69) is 35.9 Å². The summed E-state index contributed by atoms with van der Waals surface area (Å²) < 4.78 is 0. The predicted molar refractivity (Wildman–Crippen MR) is 91.9 cm³/mol. The van der Waals surface area contributed by atoms with Crippen molar-refractivity contribution in [3.05, 3.63) is 0 Å². The Hall–Kier alpha value is -0.610.